The van der Waals surface area contributed by atoms with E-state index in [9.17, 15) is 36.0 Å². The molecule has 0 aliphatic carbocycles. The van der Waals surface area contributed by atoms with Crippen LogP contribution in [0.2, 0.25) is 0 Å². The summed E-state index contributed by atoms with van der Waals surface area (Å²) in [5.41, 5.74) is -4.14. The van der Waals surface area contributed by atoms with Crippen LogP contribution in [0.15, 0.2) is 0 Å². The van der Waals surface area contributed by atoms with Crippen LogP contribution in [0.3, 0.4) is 0 Å². The number of hydrogen-bond donors (Lipinski definition) is 0. The molecule has 0 bridgehead atoms. The molecule has 0 radical (unpaired) electrons. The molecular formula is C21H36O14S2. The van der Waals surface area contributed by atoms with E-state index in [1.807, 2.05) is 0 Å². The molecule has 0 atom stereocenters. The quantitative estimate of drug-likeness (QED) is 0.0938. The predicted octanol–water partition coefficient (Wildman–Crippen LogP) is 0.334. The van der Waals surface area contributed by atoms with E-state index < -0.39 is 86.1 Å². The van der Waals surface area contributed by atoms with Crippen molar-refractivity contribution in [3.05, 3.63) is 0 Å². The maximum absolute atomic E-state index is 12.3. The second kappa shape index (κ2) is 15.2. The lowest BCUT2D eigenvalue weighted by atomic mass is 9.92. The normalized spacial score (nSPS) is 12.5. The van der Waals surface area contributed by atoms with Gasteiger partial charge in [0, 0.05) is 0 Å². The Kier molecular flexibility index (Phi) is 14.2. The third kappa shape index (κ3) is 10.9. The van der Waals surface area contributed by atoms with Gasteiger partial charge in [0.15, 0.2) is 10.8 Å². The van der Waals surface area contributed by atoms with Crippen LogP contribution in [-0.2, 0) is 66.7 Å². The van der Waals surface area contributed by atoms with E-state index >= 15 is 0 Å². The maximum Gasteiger partial charge on any atom is 0.325 e. The van der Waals surface area contributed by atoms with Gasteiger partial charge in [0.05, 0.1) is 51.1 Å². The average Bonchev–Trinajstić information content (AvgIpc) is 2.81. The Labute approximate surface area is 217 Å². The first-order valence-corrected chi connectivity index (χ1v) is 14.6. The summed E-state index contributed by atoms with van der Waals surface area (Å²) in [4.78, 5) is 48.9. The summed E-state index contributed by atoms with van der Waals surface area (Å²) in [5, 5.41) is 0. The number of esters is 4. The lowest BCUT2D eigenvalue weighted by Gasteiger charge is -2.24. The van der Waals surface area contributed by atoms with Crippen molar-refractivity contribution in [3.63, 3.8) is 0 Å². The molecule has 0 aromatic carbocycles. The summed E-state index contributed by atoms with van der Waals surface area (Å²) in [6.07, 6.45) is -0.504. The second-order valence-electron chi connectivity index (χ2n) is 7.95. The Hall–Kier alpha value is -2.30. The first-order chi connectivity index (χ1) is 17.0. The summed E-state index contributed by atoms with van der Waals surface area (Å²) in [6.45, 7) is 6.00. The molecule has 0 fully saturated rings. The highest BCUT2D eigenvalue weighted by molar-refractivity contribution is 7.87. The molecule has 216 valence electrons. The third-order valence-corrected chi connectivity index (χ3v) is 7.28. The minimum Gasteiger partial charge on any atom is -0.465 e. The molecular weight excluding hydrogens is 540 g/mol. The van der Waals surface area contributed by atoms with Gasteiger partial charge in [0.25, 0.3) is 20.2 Å². The molecule has 0 heterocycles. The largest absolute Gasteiger partial charge is 0.465 e. The average molecular weight is 577 g/mol. The summed E-state index contributed by atoms with van der Waals surface area (Å²) < 4.78 is 77.9. The Morgan fingerprint density at radius 1 is 0.541 bits per heavy atom. The Morgan fingerprint density at radius 3 is 1.00 bits per heavy atom. The molecule has 0 N–H and O–H groups in total. The second-order valence-corrected chi connectivity index (χ2v) is 11.5. The molecule has 0 saturated carbocycles. The monoisotopic (exact) mass is 576 g/mol. The predicted molar refractivity (Wildman–Crippen MR) is 127 cm³/mol. The molecule has 0 aromatic rings. The van der Waals surface area contributed by atoms with Crippen molar-refractivity contribution in [2.75, 3.05) is 51.1 Å². The summed E-state index contributed by atoms with van der Waals surface area (Å²) in [6, 6.07) is 0. The van der Waals surface area contributed by atoms with Crippen molar-refractivity contribution in [1.29, 1.82) is 0 Å². The Morgan fingerprint density at radius 2 is 0.784 bits per heavy atom. The summed E-state index contributed by atoms with van der Waals surface area (Å²) in [5.74, 6) is -5.83. The number of ether oxygens (including phenoxy) is 4. The van der Waals surface area contributed by atoms with Crippen molar-refractivity contribution in [2.45, 2.75) is 48.0 Å². The molecule has 37 heavy (non-hydrogen) atoms. The van der Waals surface area contributed by atoms with Gasteiger partial charge < -0.3 is 18.9 Å². The van der Waals surface area contributed by atoms with Crippen LogP contribution >= 0.6 is 0 Å². The van der Waals surface area contributed by atoms with Gasteiger partial charge in [-0.3, -0.25) is 27.5 Å². The molecule has 0 spiro atoms. The summed E-state index contributed by atoms with van der Waals surface area (Å²) >= 11 is 0. The van der Waals surface area contributed by atoms with Gasteiger partial charge in [-0.05, 0) is 48.0 Å². The van der Waals surface area contributed by atoms with E-state index in [0.717, 1.165) is 13.8 Å². The molecule has 0 aliphatic heterocycles. The van der Waals surface area contributed by atoms with Gasteiger partial charge in [0.2, 0.25) is 0 Å². The number of carbonyl (C=O) groups is 4. The number of rotatable bonds is 18. The lowest BCUT2D eigenvalue weighted by molar-refractivity contribution is -0.174. The fraction of sp³-hybridized carbons (Fsp3) is 0.810. The molecule has 0 amide bonds. The van der Waals surface area contributed by atoms with Gasteiger partial charge >= 0.3 is 23.9 Å². The van der Waals surface area contributed by atoms with E-state index in [4.69, 9.17) is 27.3 Å². The minimum absolute atomic E-state index is 0.0795. The smallest absolute Gasteiger partial charge is 0.325 e. The zero-order valence-corrected chi connectivity index (χ0v) is 23.5. The van der Waals surface area contributed by atoms with Gasteiger partial charge in [-0.1, -0.05) is 0 Å². The first-order valence-electron chi connectivity index (χ1n) is 11.5. The van der Waals surface area contributed by atoms with E-state index in [1.165, 1.54) is 27.7 Å². The molecule has 0 aromatic heterocycles. The third-order valence-electron chi connectivity index (χ3n) is 4.75. The maximum atomic E-state index is 12.3. The standard InChI is InChI=1S/C21H36O14S2/c1-7-30-16(22)20(5,17(23)31-8-2)14-34-36(26,27)12-11-13-37(28,29)35-15-21(6,18(24)32-9-3)19(25)33-10-4/h7-15H2,1-6H3. The van der Waals surface area contributed by atoms with E-state index in [1.54, 1.807) is 0 Å². The van der Waals surface area contributed by atoms with E-state index in [-0.39, 0.29) is 26.4 Å². The first kappa shape index (κ1) is 34.7. The molecule has 0 aliphatic rings. The van der Waals surface area contributed by atoms with Crippen molar-refractivity contribution in [1.82, 2.24) is 0 Å². The van der Waals surface area contributed by atoms with Crippen LogP contribution in [0, 0.1) is 10.8 Å². The van der Waals surface area contributed by atoms with Gasteiger partial charge in [-0.15, -0.1) is 0 Å². The van der Waals surface area contributed by atoms with E-state index in [0.29, 0.717) is 0 Å². The highest BCUT2D eigenvalue weighted by atomic mass is 32.2. The summed E-state index contributed by atoms with van der Waals surface area (Å²) in [7, 11) is -8.81. The molecule has 16 heteroatoms. The van der Waals surface area contributed by atoms with Crippen molar-refractivity contribution < 1.29 is 63.3 Å². The fourth-order valence-corrected chi connectivity index (χ4v) is 4.75. The topological polar surface area (TPSA) is 192 Å². The zero-order chi connectivity index (χ0) is 28.9. The number of carbonyl (C=O) groups excluding carboxylic acids is 4. The number of hydrogen-bond acceptors (Lipinski definition) is 14. The van der Waals surface area contributed by atoms with Crippen LogP contribution in [0.25, 0.3) is 0 Å². The molecule has 14 nitrogen and oxygen atoms in total. The highest BCUT2D eigenvalue weighted by Crippen LogP contribution is 2.24. The van der Waals surface area contributed by atoms with Crippen LogP contribution < -0.4 is 0 Å². The van der Waals surface area contributed by atoms with Crippen molar-refractivity contribution in [3.8, 4) is 0 Å². The fourth-order valence-electron chi connectivity index (χ4n) is 2.51. The molecule has 0 rings (SSSR count). The van der Waals surface area contributed by atoms with Crippen LogP contribution in [0.1, 0.15) is 48.0 Å². The zero-order valence-electron chi connectivity index (χ0n) is 21.9. The molecule has 0 unspecified atom stereocenters. The Bertz CT molecular complexity index is 884. The van der Waals surface area contributed by atoms with Crippen molar-refractivity contribution in [2.24, 2.45) is 10.8 Å². The van der Waals surface area contributed by atoms with Crippen LogP contribution in [0.5, 0.6) is 0 Å². The van der Waals surface area contributed by atoms with Crippen LogP contribution in [0.4, 0.5) is 0 Å². The highest BCUT2D eigenvalue weighted by Gasteiger charge is 2.47. The van der Waals surface area contributed by atoms with E-state index in [2.05, 4.69) is 0 Å². The van der Waals surface area contributed by atoms with Crippen LogP contribution in [-0.4, -0.2) is 91.9 Å². The molecule has 0 saturated heterocycles. The SMILES string of the molecule is CCOC(=O)C(C)(COS(=O)(=O)CCCS(=O)(=O)OCC(C)(C(=O)OCC)C(=O)OCC)C(=O)OCC. The van der Waals surface area contributed by atoms with Gasteiger partial charge in [0.1, 0.15) is 0 Å². The van der Waals surface area contributed by atoms with Gasteiger partial charge in [-0.2, -0.15) is 16.8 Å². The minimum atomic E-state index is -4.40. The van der Waals surface area contributed by atoms with Crippen molar-refractivity contribution >= 4 is 44.1 Å². The lowest BCUT2D eigenvalue weighted by Crippen LogP contribution is -2.44. The van der Waals surface area contributed by atoms with Gasteiger partial charge in [-0.25, -0.2) is 0 Å². The Balaban J connectivity index is 5.21.